The minimum Gasteiger partial charge on any atom is -0.494 e. The summed E-state index contributed by atoms with van der Waals surface area (Å²) < 4.78 is 5.64. The number of carbonyl (C=O) groups excluding carboxylic acids is 1. The molecule has 26 heavy (non-hydrogen) atoms. The van der Waals surface area contributed by atoms with E-state index in [1.807, 2.05) is 19.1 Å². The molecule has 2 aromatic carbocycles. The number of fused-ring (bicyclic) bond motifs is 1. The molecule has 2 aromatic rings. The average molecular weight is 350 g/mol. The quantitative estimate of drug-likeness (QED) is 0.920. The van der Waals surface area contributed by atoms with Gasteiger partial charge in [-0.05, 0) is 55.1 Å². The van der Waals surface area contributed by atoms with Crippen LogP contribution in [0, 0.1) is 0 Å². The number of nitrogens with one attached hydrogen (secondary N) is 1. The lowest BCUT2D eigenvalue weighted by atomic mass is 9.86. The Labute approximate surface area is 155 Å². The van der Waals surface area contributed by atoms with Crippen LogP contribution in [-0.4, -0.2) is 29.5 Å². The predicted molar refractivity (Wildman–Crippen MR) is 102 cm³/mol. The Hall–Kier alpha value is -2.33. The molecule has 2 heterocycles. The Morgan fingerprint density at radius 2 is 2.00 bits per heavy atom. The second-order valence-electron chi connectivity index (χ2n) is 7.27. The van der Waals surface area contributed by atoms with Crippen molar-refractivity contribution in [3.8, 4) is 5.75 Å². The number of hydrogen-bond donors (Lipinski definition) is 1. The Kier molecular flexibility index (Phi) is 4.68. The summed E-state index contributed by atoms with van der Waals surface area (Å²) in [6, 6.07) is 16.7. The molecule has 2 aliphatic heterocycles. The number of ether oxygens (including phenoxy) is 1. The highest BCUT2D eigenvalue weighted by Gasteiger charge is 2.48. The van der Waals surface area contributed by atoms with Gasteiger partial charge in [0, 0.05) is 19.5 Å². The highest BCUT2D eigenvalue weighted by molar-refractivity contribution is 5.87. The second kappa shape index (κ2) is 7.12. The standard InChI is InChI=1S/C22H26N2O2/c1-2-26-20-10-5-7-17(13-20)16-24-12-6-11-22(24)14-18-8-3-4-9-19(18)15-23-21(22)25/h3-5,7-10,13H,2,6,11-12,14-16H2,1H3,(H,23,25). The number of carbonyl (C=O) groups is 1. The molecule has 1 unspecified atom stereocenters. The van der Waals surface area contributed by atoms with E-state index in [0.29, 0.717) is 13.2 Å². The number of nitrogens with zero attached hydrogens (tertiary/aromatic N) is 1. The molecule has 4 rings (SSSR count). The van der Waals surface area contributed by atoms with Gasteiger partial charge in [0.25, 0.3) is 0 Å². The summed E-state index contributed by atoms with van der Waals surface area (Å²) >= 11 is 0. The van der Waals surface area contributed by atoms with Crippen LogP contribution in [0.15, 0.2) is 48.5 Å². The number of benzene rings is 2. The first-order valence-electron chi connectivity index (χ1n) is 9.53. The van der Waals surface area contributed by atoms with E-state index in [9.17, 15) is 4.79 Å². The van der Waals surface area contributed by atoms with Crippen molar-refractivity contribution >= 4 is 5.91 Å². The minimum absolute atomic E-state index is 0.173. The van der Waals surface area contributed by atoms with E-state index < -0.39 is 5.54 Å². The van der Waals surface area contributed by atoms with E-state index >= 15 is 0 Å². The molecule has 2 aliphatic rings. The zero-order valence-corrected chi connectivity index (χ0v) is 15.3. The molecule has 1 amide bonds. The van der Waals surface area contributed by atoms with Gasteiger partial charge in [-0.1, -0.05) is 36.4 Å². The summed E-state index contributed by atoms with van der Waals surface area (Å²) in [5.41, 5.74) is 3.29. The van der Waals surface area contributed by atoms with Crippen molar-refractivity contribution in [3.05, 3.63) is 65.2 Å². The first-order valence-corrected chi connectivity index (χ1v) is 9.53. The molecular formula is C22H26N2O2. The van der Waals surface area contributed by atoms with E-state index in [1.54, 1.807) is 0 Å². The molecule has 0 radical (unpaired) electrons. The van der Waals surface area contributed by atoms with Crippen molar-refractivity contribution in [2.24, 2.45) is 0 Å². The Balaban J connectivity index is 1.62. The fraction of sp³-hybridized carbons (Fsp3) is 0.409. The van der Waals surface area contributed by atoms with Crippen LogP contribution < -0.4 is 10.1 Å². The molecule has 1 N–H and O–H groups in total. The molecule has 4 heteroatoms. The van der Waals surface area contributed by atoms with Gasteiger partial charge in [-0.2, -0.15) is 0 Å². The zero-order valence-electron chi connectivity index (χ0n) is 15.3. The smallest absolute Gasteiger partial charge is 0.241 e. The van der Waals surface area contributed by atoms with Gasteiger partial charge in [-0.3, -0.25) is 9.69 Å². The average Bonchev–Trinajstić information content (AvgIpc) is 2.97. The third-order valence-corrected chi connectivity index (χ3v) is 5.67. The molecule has 136 valence electrons. The summed E-state index contributed by atoms with van der Waals surface area (Å²) in [4.78, 5) is 15.5. The van der Waals surface area contributed by atoms with Gasteiger partial charge in [0.15, 0.2) is 0 Å². The summed E-state index contributed by atoms with van der Waals surface area (Å²) in [6.45, 7) is 5.01. The third kappa shape index (κ3) is 3.10. The van der Waals surface area contributed by atoms with Gasteiger partial charge in [0.05, 0.1) is 6.61 Å². The summed E-state index contributed by atoms with van der Waals surface area (Å²) in [5.74, 6) is 1.07. The molecule has 1 spiro atoms. The monoisotopic (exact) mass is 350 g/mol. The van der Waals surface area contributed by atoms with Crippen LogP contribution in [0.3, 0.4) is 0 Å². The number of rotatable bonds is 4. The zero-order chi connectivity index (χ0) is 18.0. The SMILES string of the molecule is CCOc1cccc(CN2CCCC23Cc2ccccc2CNC3=O)c1. The fourth-order valence-electron chi connectivity index (χ4n) is 4.38. The van der Waals surface area contributed by atoms with Gasteiger partial charge in [0.2, 0.25) is 5.91 Å². The van der Waals surface area contributed by atoms with E-state index in [-0.39, 0.29) is 5.91 Å². The van der Waals surface area contributed by atoms with Crippen LogP contribution in [0.25, 0.3) is 0 Å². The third-order valence-electron chi connectivity index (χ3n) is 5.67. The molecule has 1 fully saturated rings. The first kappa shape index (κ1) is 17.1. The molecule has 1 saturated heterocycles. The van der Waals surface area contributed by atoms with Crippen molar-refractivity contribution in [2.45, 2.75) is 44.8 Å². The molecule has 1 atom stereocenters. The van der Waals surface area contributed by atoms with Gasteiger partial charge in [-0.15, -0.1) is 0 Å². The normalized spacial score (nSPS) is 22.7. The van der Waals surface area contributed by atoms with Crippen molar-refractivity contribution < 1.29 is 9.53 Å². The van der Waals surface area contributed by atoms with Gasteiger partial charge < -0.3 is 10.1 Å². The van der Waals surface area contributed by atoms with Gasteiger partial charge in [0.1, 0.15) is 11.3 Å². The maximum Gasteiger partial charge on any atom is 0.241 e. The lowest BCUT2D eigenvalue weighted by Gasteiger charge is -2.36. The van der Waals surface area contributed by atoms with E-state index in [1.165, 1.54) is 16.7 Å². The largest absolute Gasteiger partial charge is 0.494 e. The summed E-state index contributed by atoms with van der Waals surface area (Å²) in [5, 5.41) is 3.18. The van der Waals surface area contributed by atoms with E-state index in [4.69, 9.17) is 4.74 Å². The molecule has 0 aliphatic carbocycles. The molecule has 0 saturated carbocycles. The van der Waals surface area contributed by atoms with Crippen LogP contribution in [0.5, 0.6) is 5.75 Å². The van der Waals surface area contributed by atoms with Gasteiger partial charge in [-0.25, -0.2) is 0 Å². The van der Waals surface area contributed by atoms with Crippen molar-refractivity contribution in [2.75, 3.05) is 13.2 Å². The summed E-state index contributed by atoms with van der Waals surface area (Å²) in [6.07, 6.45) is 2.76. The molecule has 0 aromatic heterocycles. The van der Waals surface area contributed by atoms with Crippen molar-refractivity contribution in [3.63, 3.8) is 0 Å². The van der Waals surface area contributed by atoms with E-state index in [0.717, 1.165) is 38.1 Å². The molecule has 0 bridgehead atoms. The van der Waals surface area contributed by atoms with Crippen LogP contribution in [0.1, 0.15) is 36.5 Å². The maximum absolute atomic E-state index is 13.1. The lowest BCUT2D eigenvalue weighted by molar-refractivity contribution is -0.132. The topological polar surface area (TPSA) is 41.6 Å². The number of likely N-dealkylation sites (tertiary alicyclic amines) is 1. The number of amides is 1. The predicted octanol–water partition coefficient (Wildman–Crippen LogP) is 3.29. The van der Waals surface area contributed by atoms with Crippen LogP contribution in [0.2, 0.25) is 0 Å². The van der Waals surface area contributed by atoms with Crippen molar-refractivity contribution in [1.82, 2.24) is 10.2 Å². The highest BCUT2D eigenvalue weighted by Crippen LogP contribution is 2.37. The second-order valence-corrected chi connectivity index (χ2v) is 7.27. The number of hydrogen-bond acceptors (Lipinski definition) is 3. The highest BCUT2D eigenvalue weighted by atomic mass is 16.5. The summed E-state index contributed by atoms with van der Waals surface area (Å²) in [7, 11) is 0. The van der Waals surface area contributed by atoms with E-state index in [2.05, 4.69) is 46.6 Å². The van der Waals surface area contributed by atoms with Gasteiger partial charge >= 0.3 is 0 Å². The Bertz CT molecular complexity index is 804. The van der Waals surface area contributed by atoms with Crippen LogP contribution in [0.4, 0.5) is 0 Å². The Morgan fingerprint density at radius 1 is 1.15 bits per heavy atom. The minimum atomic E-state index is -0.436. The Morgan fingerprint density at radius 3 is 2.85 bits per heavy atom. The lowest BCUT2D eigenvalue weighted by Crippen LogP contribution is -2.55. The van der Waals surface area contributed by atoms with Crippen LogP contribution >= 0.6 is 0 Å². The maximum atomic E-state index is 13.1. The van der Waals surface area contributed by atoms with Crippen LogP contribution in [-0.2, 0) is 24.3 Å². The fourth-order valence-corrected chi connectivity index (χ4v) is 4.38. The molecule has 4 nitrogen and oxygen atoms in total. The van der Waals surface area contributed by atoms with Crippen molar-refractivity contribution in [1.29, 1.82) is 0 Å². The first-order chi connectivity index (χ1) is 12.7. The molecular weight excluding hydrogens is 324 g/mol.